The molecule has 0 unspecified atom stereocenters. The molecule has 0 spiro atoms. The van der Waals surface area contributed by atoms with Crippen molar-refractivity contribution in [2.75, 3.05) is 0 Å². The third-order valence-corrected chi connectivity index (χ3v) is 4.72. The summed E-state index contributed by atoms with van der Waals surface area (Å²) in [5, 5.41) is 16.9. The summed E-state index contributed by atoms with van der Waals surface area (Å²) < 4.78 is 1.72. The normalized spacial score (nSPS) is 20.9. The first-order valence-corrected chi connectivity index (χ1v) is 8.28. The van der Waals surface area contributed by atoms with E-state index in [0.29, 0.717) is 23.9 Å². The van der Waals surface area contributed by atoms with Gasteiger partial charge in [-0.25, -0.2) is 0 Å². The Morgan fingerprint density at radius 1 is 1.28 bits per heavy atom. The molecule has 7 heteroatoms. The number of fused-ring (bicyclic) bond motifs is 1. The molecule has 1 aromatic carbocycles. The van der Waals surface area contributed by atoms with Crippen LogP contribution in [0.3, 0.4) is 0 Å². The number of nitrogens with one attached hydrogen (secondary N) is 1. The van der Waals surface area contributed by atoms with Crippen molar-refractivity contribution in [3.8, 4) is 0 Å². The highest BCUT2D eigenvalue weighted by Gasteiger charge is 2.36. The number of hydrogen-bond donors (Lipinski definition) is 2. The third-order valence-electron chi connectivity index (χ3n) is 4.72. The van der Waals surface area contributed by atoms with E-state index in [1.54, 1.807) is 41.5 Å². The molecule has 7 nitrogen and oxygen atoms in total. The van der Waals surface area contributed by atoms with Gasteiger partial charge in [0.2, 0.25) is 0 Å². The number of nitrogens with zero attached hydrogens (tertiary/aromatic N) is 4. The van der Waals surface area contributed by atoms with Crippen LogP contribution in [0.1, 0.15) is 34.8 Å². The molecule has 0 saturated heterocycles. The van der Waals surface area contributed by atoms with E-state index in [2.05, 4.69) is 20.4 Å². The zero-order valence-electron chi connectivity index (χ0n) is 13.8. The molecule has 0 aliphatic heterocycles. The van der Waals surface area contributed by atoms with Crippen LogP contribution in [-0.4, -0.2) is 36.9 Å². The van der Waals surface area contributed by atoms with E-state index < -0.39 is 0 Å². The number of benzene rings is 1. The van der Waals surface area contributed by atoms with Gasteiger partial charge >= 0.3 is 0 Å². The maximum absolute atomic E-state index is 12.8. The van der Waals surface area contributed by atoms with Crippen molar-refractivity contribution in [3.63, 3.8) is 0 Å². The molecule has 1 aliphatic carbocycles. The van der Waals surface area contributed by atoms with Crippen molar-refractivity contribution in [3.05, 3.63) is 54.1 Å². The SMILES string of the molecule is Cn1cc([C@@H](NC(=O)c2ccc3nccnc3c2)C2CC(O)C2)cn1. The van der Waals surface area contributed by atoms with E-state index in [9.17, 15) is 9.90 Å². The monoisotopic (exact) mass is 337 g/mol. The van der Waals surface area contributed by atoms with Crippen LogP contribution in [0.15, 0.2) is 43.0 Å². The van der Waals surface area contributed by atoms with Gasteiger partial charge in [-0.2, -0.15) is 5.10 Å². The van der Waals surface area contributed by atoms with Gasteiger partial charge in [0.05, 0.1) is 29.4 Å². The second kappa shape index (κ2) is 6.25. The average Bonchev–Trinajstić information content (AvgIpc) is 3.03. The number of carbonyl (C=O) groups excluding carboxylic acids is 1. The Morgan fingerprint density at radius 3 is 2.72 bits per heavy atom. The molecule has 4 rings (SSSR count). The van der Waals surface area contributed by atoms with Gasteiger partial charge in [-0.3, -0.25) is 19.4 Å². The highest BCUT2D eigenvalue weighted by Crippen LogP contribution is 2.38. The first-order chi connectivity index (χ1) is 12.1. The maximum Gasteiger partial charge on any atom is 0.251 e. The third kappa shape index (κ3) is 3.10. The van der Waals surface area contributed by atoms with Crippen LogP contribution in [0, 0.1) is 5.92 Å². The Bertz CT molecular complexity index is 916. The van der Waals surface area contributed by atoms with E-state index in [0.717, 1.165) is 11.1 Å². The number of hydrogen-bond acceptors (Lipinski definition) is 5. The fourth-order valence-corrected chi connectivity index (χ4v) is 3.31. The summed E-state index contributed by atoms with van der Waals surface area (Å²) in [6.07, 6.45) is 7.99. The van der Waals surface area contributed by atoms with Crippen LogP contribution in [0.25, 0.3) is 11.0 Å². The smallest absolute Gasteiger partial charge is 0.251 e. The summed E-state index contributed by atoms with van der Waals surface area (Å²) >= 11 is 0. The van der Waals surface area contributed by atoms with Gasteiger partial charge < -0.3 is 10.4 Å². The summed E-state index contributed by atoms with van der Waals surface area (Å²) in [5.41, 5.74) is 2.94. The lowest BCUT2D eigenvalue weighted by Gasteiger charge is -2.37. The summed E-state index contributed by atoms with van der Waals surface area (Å²) in [4.78, 5) is 21.2. The molecule has 128 valence electrons. The van der Waals surface area contributed by atoms with Crippen LogP contribution < -0.4 is 5.32 Å². The van der Waals surface area contributed by atoms with Gasteiger partial charge in [-0.05, 0) is 37.0 Å². The predicted octanol–water partition coefficient (Wildman–Crippen LogP) is 1.61. The van der Waals surface area contributed by atoms with Crippen molar-refractivity contribution >= 4 is 16.9 Å². The Morgan fingerprint density at radius 2 is 2.04 bits per heavy atom. The minimum absolute atomic E-state index is 0.164. The van der Waals surface area contributed by atoms with Crippen LogP contribution in [0.5, 0.6) is 0 Å². The second-order valence-corrected chi connectivity index (χ2v) is 6.54. The van der Waals surface area contributed by atoms with Crippen molar-refractivity contribution < 1.29 is 9.90 Å². The molecule has 0 bridgehead atoms. The van der Waals surface area contributed by atoms with E-state index in [-0.39, 0.29) is 24.0 Å². The Balaban J connectivity index is 1.58. The number of rotatable bonds is 4. The Labute approximate surface area is 144 Å². The van der Waals surface area contributed by atoms with E-state index in [1.165, 1.54) is 0 Å². The standard InChI is InChI=1S/C18H19N5O2/c1-23-10-13(9-21-23)17(12-6-14(24)7-12)22-18(25)11-2-3-15-16(8-11)20-5-4-19-15/h2-5,8-10,12,14,17,24H,6-7H2,1H3,(H,22,25)/t12?,14?,17-/m0/s1. The zero-order valence-corrected chi connectivity index (χ0v) is 13.8. The average molecular weight is 337 g/mol. The van der Waals surface area contributed by atoms with Crippen LogP contribution in [-0.2, 0) is 7.05 Å². The van der Waals surface area contributed by atoms with Gasteiger partial charge in [0, 0.05) is 36.8 Å². The number of aliphatic hydroxyl groups excluding tert-OH is 1. The first-order valence-electron chi connectivity index (χ1n) is 8.28. The Kier molecular flexibility index (Phi) is 3.93. The Hall–Kier alpha value is -2.80. The van der Waals surface area contributed by atoms with Gasteiger partial charge in [0.25, 0.3) is 5.91 Å². The topological polar surface area (TPSA) is 92.9 Å². The summed E-state index contributed by atoms with van der Waals surface area (Å²) in [6, 6.07) is 5.13. The van der Waals surface area contributed by atoms with Crippen LogP contribution in [0.4, 0.5) is 0 Å². The van der Waals surface area contributed by atoms with E-state index >= 15 is 0 Å². The minimum atomic E-state index is -0.281. The molecule has 3 aromatic rings. The summed E-state index contributed by atoms with van der Waals surface area (Å²) in [7, 11) is 1.85. The lowest BCUT2D eigenvalue weighted by atomic mass is 9.75. The highest BCUT2D eigenvalue weighted by atomic mass is 16.3. The zero-order chi connectivity index (χ0) is 17.4. The van der Waals surface area contributed by atoms with Crippen molar-refractivity contribution in [1.29, 1.82) is 0 Å². The van der Waals surface area contributed by atoms with Gasteiger partial charge in [-0.15, -0.1) is 0 Å². The fourth-order valence-electron chi connectivity index (χ4n) is 3.31. The van der Waals surface area contributed by atoms with E-state index in [1.807, 2.05) is 13.2 Å². The molecule has 2 heterocycles. The molecule has 1 atom stereocenters. The molecule has 1 aliphatic rings. The molecule has 1 amide bonds. The summed E-state index contributed by atoms with van der Waals surface area (Å²) in [5.74, 6) is 0.0474. The largest absolute Gasteiger partial charge is 0.393 e. The molecule has 1 fully saturated rings. The molecule has 0 radical (unpaired) electrons. The number of amides is 1. The highest BCUT2D eigenvalue weighted by molar-refractivity contribution is 5.97. The molecule has 2 N–H and O–H groups in total. The second-order valence-electron chi connectivity index (χ2n) is 6.54. The number of aryl methyl sites for hydroxylation is 1. The number of carbonyl (C=O) groups is 1. The predicted molar refractivity (Wildman–Crippen MR) is 91.7 cm³/mol. The molecular formula is C18H19N5O2. The minimum Gasteiger partial charge on any atom is -0.393 e. The summed E-state index contributed by atoms with van der Waals surface area (Å²) in [6.45, 7) is 0. The molecule has 1 saturated carbocycles. The molecule has 25 heavy (non-hydrogen) atoms. The van der Waals surface area contributed by atoms with Gasteiger partial charge in [0.15, 0.2) is 0 Å². The fraction of sp³-hybridized carbons (Fsp3) is 0.333. The van der Waals surface area contributed by atoms with Gasteiger partial charge in [-0.1, -0.05) is 0 Å². The lowest BCUT2D eigenvalue weighted by molar-refractivity contribution is 0.0235. The molecule has 2 aromatic heterocycles. The van der Waals surface area contributed by atoms with Crippen LogP contribution >= 0.6 is 0 Å². The number of aromatic nitrogens is 4. The van der Waals surface area contributed by atoms with Crippen molar-refractivity contribution in [2.45, 2.75) is 25.0 Å². The van der Waals surface area contributed by atoms with E-state index in [4.69, 9.17) is 0 Å². The van der Waals surface area contributed by atoms with Crippen molar-refractivity contribution in [1.82, 2.24) is 25.1 Å². The van der Waals surface area contributed by atoms with Gasteiger partial charge in [0.1, 0.15) is 0 Å². The van der Waals surface area contributed by atoms with Crippen LogP contribution in [0.2, 0.25) is 0 Å². The van der Waals surface area contributed by atoms with Crippen molar-refractivity contribution in [2.24, 2.45) is 13.0 Å². The quantitative estimate of drug-likeness (QED) is 0.754. The number of aliphatic hydroxyl groups is 1. The lowest BCUT2D eigenvalue weighted by Crippen LogP contribution is -2.41. The maximum atomic E-state index is 12.8. The molecular weight excluding hydrogens is 318 g/mol. The first kappa shape index (κ1) is 15.7.